The van der Waals surface area contributed by atoms with E-state index in [1.165, 1.54) is 12.0 Å². The largest absolute Gasteiger partial charge is 0.287 e. The van der Waals surface area contributed by atoms with E-state index in [1.54, 1.807) is 0 Å². The second-order valence-electron chi connectivity index (χ2n) is 3.08. The Morgan fingerprint density at radius 3 is 3.00 bits per heavy atom. The van der Waals surface area contributed by atoms with Crippen LogP contribution < -0.4 is 0 Å². The molecule has 1 unspecified atom stereocenters. The van der Waals surface area contributed by atoms with Gasteiger partial charge < -0.3 is 0 Å². The smallest absolute Gasteiger partial charge is 0.186 e. The lowest BCUT2D eigenvalue weighted by molar-refractivity contribution is -0.111. The summed E-state index contributed by atoms with van der Waals surface area (Å²) in [4.78, 5) is 10.6. The molecule has 0 aromatic heterocycles. The fourth-order valence-electron chi connectivity index (χ4n) is 1.55. The number of allylic oxidation sites excluding steroid dienone is 2. The highest BCUT2D eigenvalue weighted by atomic mass is 32.1. The van der Waals surface area contributed by atoms with Gasteiger partial charge in [0.05, 0.1) is 0 Å². The lowest BCUT2D eigenvalue weighted by Crippen LogP contribution is -1.96. The van der Waals surface area contributed by atoms with Crippen LogP contribution in [0.3, 0.4) is 0 Å². The zero-order valence-corrected chi connectivity index (χ0v) is 7.73. The van der Waals surface area contributed by atoms with Crippen molar-refractivity contribution in [2.45, 2.75) is 32.6 Å². The number of thiol groups is 1. The Balaban J connectivity index is 2.39. The maximum absolute atomic E-state index is 10.6. The van der Waals surface area contributed by atoms with Gasteiger partial charge in [-0.3, -0.25) is 4.79 Å². The normalized spacial score (nSPS) is 23.5. The molecule has 62 valence electrons. The molecular formula is C9H14OS. The van der Waals surface area contributed by atoms with Crippen LogP contribution in [0.5, 0.6) is 0 Å². The minimum atomic E-state index is 0.0172. The van der Waals surface area contributed by atoms with E-state index in [0.717, 1.165) is 12.8 Å². The molecule has 2 heteroatoms. The Hall–Kier alpha value is -0.240. The van der Waals surface area contributed by atoms with Crippen molar-refractivity contribution in [1.29, 1.82) is 0 Å². The summed E-state index contributed by atoms with van der Waals surface area (Å²) < 4.78 is 0. The van der Waals surface area contributed by atoms with E-state index in [-0.39, 0.29) is 5.12 Å². The van der Waals surface area contributed by atoms with Gasteiger partial charge in [0, 0.05) is 6.42 Å². The van der Waals surface area contributed by atoms with Crippen LogP contribution in [0.2, 0.25) is 0 Å². The number of rotatable bonds is 3. The van der Waals surface area contributed by atoms with Crippen LogP contribution in [0.4, 0.5) is 0 Å². The monoisotopic (exact) mass is 170 g/mol. The minimum absolute atomic E-state index is 0.0172. The molecule has 0 fully saturated rings. The third-order valence-corrected chi connectivity index (χ3v) is 2.38. The summed E-state index contributed by atoms with van der Waals surface area (Å²) in [6.07, 6.45) is 6.33. The van der Waals surface area contributed by atoms with Gasteiger partial charge in [-0.1, -0.05) is 18.6 Å². The summed E-state index contributed by atoms with van der Waals surface area (Å²) in [7, 11) is 0. The van der Waals surface area contributed by atoms with E-state index in [2.05, 4.69) is 25.6 Å². The average molecular weight is 170 g/mol. The molecule has 1 atom stereocenters. The highest BCUT2D eigenvalue weighted by molar-refractivity contribution is 7.96. The van der Waals surface area contributed by atoms with E-state index in [1.807, 2.05) is 0 Å². The summed E-state index contributed by atoms with van der Waals surface area (Å²) in [5, 5.41) is 0.0172. The van der Waals surface area contributed by atoms with Gasteiger partial charge in [0.15, 0.2) is 5.12 Å². The van der Waals surface area contributed by atoms with Crippen LogP contribution >= 0.6 is 12.6 Å². The molecule has 0 amide bonds. The Labute approximate surface area is 73.3 Å². The van der Waals surface area contributed by atoms with Crippen LogP contribution in [0.1, 0.15) is 32.6 Å². The molecule has 11 heavy (non-hydrogen) atoms. The summed E-state index contributed by atoms with van der Waals surface area (Å²) in [5.74, 6) is 0.481. The SMILES string of the molecule is CCC1=CC(CC(=O)S)CC1. The number of carbonyl (C=O) groups excluding carboxylic acids is 1. The zero-order chi connectivity index (χ0) is 8.27. The molecule has 0 aromatic carbocycles. The molecule has 0 saturated carbocycles. The van der Waals surface area contributed by atoms with Crippen molar-refractivity contribution in [2.75, 3.05) is 0 Å². The highest BCUT2D eigenvalue weighted by Gasteiger charge is 2.15. The molecule has 1 aliphatic rings. The van der Waals surface area contributed by atoms with Crippen molar-refractivity contribution >= 4 is 17.7 Å². The number of carbonyl (C=O) groups is 1. The van der Waals surface area contributed by atoms with E-state index in [0.29, 0.717) is 12.3 Å². The standard InChI is InChI=1S/C9H14OS/c1-2-7-3-4-8(5-7)6-9(10)11/h5,8H,2-4,6H2,1H3,(H,10,11). The van der Waals surface area contributed by atoms with Gasteiger partial charge in [0.25, 0.3) is 0 Å². The van der Waals surface area contributed by atoms with Crippen LogP contribution in [0, 0.1) is 5.92 Å². The summed E-state index contributed by atoms with van der Waals surface area (Å²) >= 11 is 3.76. The lowest BCUT2D eigenvalue weighted by Gasteiger charge is -2.00. The fraction of sp³-hybridized carbons (Fsp3) is 0.667. The summed E-state index contributed by atoms with van der Waals surface area (Å²) in [6.45, 7) is 2.16. The Morgan fingerprint density at radius 2 is 2.55 bits per heavy atom. The Morgan fingerprint density at radius 1 is 1.82 bits per heavy atom. The highest BCUT2D eigenvalue weighted by Crippen LogP contribution is 2.28. The van der Waals surface area contributed by atoms with Gasteiger partial charge in [-0.2, -0.15) is 0 Å². The predicted octanol–water partition coefficient (Wildman–Crippen LogP) is 2.58. The molecule has 0 bridgehead atoms. The zero-order valence-electron chi connectivity index (χ0n) is 6.84. The minimum Gasteiger partial charge on any atom is -0.287 e. The topological polar surface area (TPSA) is 17.1 Å². The molecule has 0 aliphatic heterocycles. The molecular weight excluding hydrogens is 156 g/mol. The van der Waals surface area contributed by atoms with Crippen molar-refractivity contribution in [2.24, 2.45) is 5.92 Å². The first kappa shape index (κ1) is 8.85. The molecule has 1 nitrogen and oxygen atoms in total. The third-order valence-electron chi connectivity index (χ3n) is 2.20. The summed E-state index contributed by atoms with van der Waals surface area (Å²) in [5.41, 5.74) is 1.50. The van der Waals surface area contributed by atoms with Gasteiger partial charge in [-0.05, 0) is 25.2 Å². The molecule has 0 N–H and O–H groups in total. The second-order valence-corrected chi connectivity index (χ2v) is 3.57. The van der Waals surface area contributed by atoms with Gasteiger partial charge in [-0.15, -0.1) is 12.6 Å². The molecule has 0 aromatic rings. The van der Waals surface area contributed by atoms with Gasteiger partial charge in [-0.25, -0.2) is 0 Å². The van der Waals surface area contributed by atoms with Gasteiger partial charge in [0.1, 0.15) is 0 Å². The number of hydrogen-bond donors (Lipinski definition) is 1. The van der Waals surface area contributed by atoms with Crippen LogP contribution in [0.15, 0.2) is 11.6 Å². The van der Waals surface area contributed by atoms with Crippen LogP contribution in [-0.2, 0) is 4.79 Å². The summed E-state index contributed by atoms with van der Waals surface area (Å²) in [6, 6.07) is 0. The van der Waals surface area contributed by atoms with Gasteiger partial charge in [0.2, 0.25) is 0 Å². The van der Waals surface area contributed by atoms with E-state index >= 15 is 0 Å². The Kier molecular flexibility index (Phi) is 3.18. The Bertz CT molecular complexity index is 184. The number of hydrogen-bond acceptors (Lipinski definition) is 1. The molecule has 0 radical (unpaired) electrons. The second kappa shape index (κ2) is 3.96. The maximum atomic E-state index is 10.6. The predicted molar refractivity (Wildman–Crippen MR) is 49.7 cm³/mol. The van der Waals surface area contributed by atoms with Crippen LogP contribution in [0.25, 0.3) is 0 Å². The first-order valence-electron chi connectivity index (χ1n) is 4.13. The maximum Gasteiger partial charge on any atom is 0.186 e. The van der Waals surface area contributed by atoms with E-state index in [9.17, 15) is 4.79 Å². The average Bonchev–Trinajstić information content (AvgIpc) is 2.34. The molecule has 0 spiro atoms. The first-order valence-corrected chi connectivity index (χ1v) is 4.58. The van der Waals surface area contributed by atoms with Crippen molar-refractivity contribution in [1.82, 2.24) is 0 Å². The van der Waals surface area contributed by atoms with Crippen molar-refractivity contribution in [3.63, 3.8) is 0 Å². The van der Waals surface area contributed by atoms with Crippen LogP contribution in [-0.4, -0.2) is 5.12 Å². The van der Waals surface area contributed by atoms with Gasteiger partial charge >= 0.3 is 0 Å². The van der Waals surface area contributed by atoms with E-state index < -0.39 is 0 Å². The van der Waals surface area contributed by atoms with Crippen molar-refractivity contribution in [3.05, 3.63) is 11.6 Å². The molecule has 1 aliphatic carbocycles. The quantitative estimate of drug-likeness (QED) is 0.509. The molecule has 1 rings (SSSR count). The van der Waals surface area contributed by atoms with E-state index in [4.69, 9.17) is 0 Å². The third kappa shape index (κ3) is 2.70. The van der Waals surface area contributed by atoms with Crippen molar-refractivity contribution < 1.29 is 4.79 Å². The molecule has 0 saturated heterocycles. The lowest BCUT2D eigenvalue weighted by atomic mass is 10.1. The molecule has 0 heterocycles. The fourth-order valence-corrected chi connectivity index (χ4v) is 1.79. The van der Waals surface area contributed by atoms with Crippen molar-refractivity contribution in [3.8, 4) is 0 Å². The first-order chi connectivity index (χ1) is 5.22.